The van der Waals surface area contributed by atoms with Gasteiger partial charge in [0.2, 0.25) is 6.29 Å². The molecule has 0 amide bonds. The van der Waals surface area contributed by atoms with Crippen LogP contribution in [0.5, 0.6) is 0 Å². The van der Waals surface area contributed by atoms with Crippen molar-refractivity contribution >= 4 is 5.97 Å². The molecule has 7 rings (SSSR count). The quantitative estimate of drug-likeness (QED) is 0.0981. The van der Waals surface area contributed by atoms with E-state index in [0.29, 0.717) is 38.5 Å². The summed E-state index contributed by atoms with van der Waals surface area (Å²) in [5.74, 6) is -1.14. The molecule has 20 atom stereocenters. The lowest BCUT2D eigenvalue weighted by atomic mass is 9.33. The largest absolute Gasteiger partial charge is 0.432 e. The van der Waals surface area contributed by atoms with E-state index in [1.54, 1.807) is 0 Å². The van der Waals surface area contributed by atoms with Gasteiger partial charge in [-0.25, -0.2) is 0 Å². The van der Waals surface area contributed by atoms with Gasteiger partial charge in [-0.1, -0.05) is 60.1 Å². The molecule has 0 radical (unpaired) electrons. The number of aliphatic hydroxyl groups excluding tert-OH is 10. The number of rotatable bonds is 6. The smallest absolute Gasteiger partial charge is 0.315 e. The number of hydrogen-bond donors (Lipinski definition) is 10. The number of carbonyl (C=O) groups is 1. The van der Waals surface area contributed by atoms with Gasteiger partial charge in [0.1, 0.15) is 48.8 Å². The fourth-order valence-electron chi connectivity index (χ4n) is 13.7. The number of fused-ring (bicyclic) bond motifs is 7. The lowest BCUT2D eigenvalue weighted by Crippen LogP contribution is -2.69. The summed E-state index contributed by atoms with van der Waals surface area (Å²) in [5.41, 5.74) is -2.51. The number of aliphatic hydroxyl groups is 10. The minimum absolute atomic E-state index is 0.0512. The van der Waals surface area contributed by atoms with Gasteiger partial charge >= 0.3 is 5.97 Å². The van der Waals surface area contributed by atoms with Gasteiger partial charge in [-0.3, -0.25) is 4.79 Å². The van der Waals surface area contributed by atoms with Crippen LogP contribution in [-0.4, -0.2) is 150 Å². The van der Waals surface area contributed by atoms with Crippen LogP contribution in [0.3, 0.4) is 0 Å². The Morgan fingerprint density at radius 2 is 1.28 bits per heavy atom. The molecule has 0 bridgehead atoms. The minimum Gasteiger partial charge on any atom is -0.432 e. The van der Waals surface area contributed by atoms with Crippen molar-refractivity contribution in [1.29, 1.82) is 0 Å². The van der Waals surface area contributed by atoms with Gasteiger partial charge in [-0.05, 0) is 90.3 Å². The van der Waals surface area contributed by atoms with Crippen molar-refractivity contribution in [3.8, 4) is 0 Å². The Morgan fingerprint density at radius 3 is 1.88 bits per heavy atom. The Kier molecular flexibility index (Phi) is 11.3. The van der Waals surface area contributed by atoms with E-state index < -0.39 is 132 Å². The normalized spacial score (nSPS) is 54.3. The average molecular weight is 813 g/mol. The van der Waals surface area contributed by atoms with Crippen LogP contribution >= 0.6 is 0 Å². The molecule has 0 unspecified atom stereocenters. The van der Waals surface area contributed by atoms with Crippen LogP contribution in [0, 0.1) is 50.2 Å². The first-order valence-corrected chi connectivity index (χ1v) is 21.0. The highest BCUT2D eigenvalue weighted by Crippen LogP contribution is 2.76. The maximum Gasteiger partial charge on any atom is 0.315 e. The van der Waals surface area contributed by atoms with Crippen LogP contribution in [0.2, 0.25) is 0 Å². The van der Waals surface area contributed by atoms with E-state index in [9.17, 15) is 55.9 Å². The number of ether oxygens (including phenoxy) is 4. The second-order valence-corrected chi connectivity index (χ2v) is 20.8. The molecule has 10 N–H and O–H groups in total. The highest BCUT2D eigenvalue weighted by Gasteiger charge is 2.72. The first kappa shape index (κ1) is 43.8. The number of allylic oxidation sites excluding steroid dienone is 1. The highest BCUT2D eigenvalue weighted by atomic mass is 16.7. The second kappa shape index (κ2) is 14.7. The Balaban J connectivity index is 1.19. The van der Waals surface area contributed by atoms with Gasteiger partial charge in [0.15, 0.2) is 6.29 Å². The third-order valence-electron chi connectivity index (χ3n) is 17.4. The molecule has 2 saturated heterocycles. The van der Waals surface area contributed by atoms with Crippen LogP contribution in [-0.2, 0) is 23.7 Å². The maximum absolute atomic E-state index is 14.6. The first-order valence-electron chi connectivity index (χ1n) is 21.0. The van der Waals surface area contributed by atoms with Crippen LogP contribution in [0.25, 0.3) is 0 Å². The summed E-state index contributed by atoms with van der Waals surface area (Å²) in [6, 6.07) is 0. The van der Waals surface area contributed by atoms with Crippen molar-refractivity contribution in [3.05, 3.63) is 11.6 Å². The lowest BCUT2D eigenvalue weighted by molar-refractivity contribution is -0.341. The zero-order valence-electron chi connectivity index (χ0n) is 34.4. The third-order valence-corrected chi connectivity index (χ3v) is 17.4. The van der Waals surface area contributed by atoms with E-state index in [2.05, 4.69) is 40.7 Å². The third kappa shape index (κ3) is 6.26. The lowest BCUT2D eigenvalue weighted by Gasteiger charge is -2.72. The molecule has 0 spiro atoms. The van der Waals surface area contributed by atoms with Crippen molar-refractivity contribution in [2.45, 2.75) is 180 Å². The predicted octanol–water partition coefficient (Wildman–Crippen LogP) is 0.258. The molecule has 0 aromatic heterocycles. The molecule has 2 heterocycles. The SMILES string of the molecule is CC1(C)CC[C@]2(C(=O)O[C@@H]3O[C@H](CO)[C@@H](O)[C@H](O)[C@H]3O)CC[C@]3(C)C(=CC[C@@H]4[C@@]5(C)C[C@@H](O)[C@H](O[C@@H]6O[C@H](CO)[C@@H](O)[C@H](O)[C@H]6O)C(C)(C)[C@@H]5CC[C@]43C)[C@@H]2[C@@H]1O. The fourth-order valence-corrected chi connectivity index (χ4v) is 13.7. The zero-order chi connectivity index (χ0) is 42.0. The molecule has 0 aromatic rings. The summed E-state index contributed by atoms with van der Waals surface area (Å²) in [5, 5.41) is 107. The van der Waals surface area contributed by atoms with Crippen molar-refractivity contribution in [2.75, 3.05) is 13.2 Å². The van der Waals surface area contributed by atoms with E-state index in [1.165, 1.54) is 0 Å². The predicted molar refractivity (Wildman–Crippen MR) is 200 cm³/mol. The molecule has 15 heteroatoms. The van der Waals surface area contributed by atoms with E-state index in [4.69, 9.17) is 18.9 Å². The van der Waals surface area contributed by atoms with Crippen molar-refractivity contribution in [3.63, 3.8) is 0 Å². The Bertz CT molecular complexity index is 1550. The maximum atomic E-state index is 14.6. The molecular weight excluding hydrogens is 744 g/mol. The monoisotopic (exact) mass is 812 g/mol. The molecule has 5 aliphatic carbocycles. The summed E-state index contributed by atoms with van der Waals surface area (Å²) >= 11 is 0. The molecule has 57 heavy (non-hydrogen) atoms. The molecule has 7 aliphatic rings. The van der Waals surface area contributed by atoms with Crippen molar-refractivity contribution in [2.24, 2.45) is 50.2 Å². The van der Waals surface area contributed by atoms with Crippen LogP contribution < -0.4 is 0 Å². The Morgan fingerprint density at radius 1 is 0.719 bits per heavy atom. The summed E-state index contributed by atoms with van der Waals surface area (Å²) in [6.07, 6.45) is -11.1. The average Bonchev–Trinajstić information content (AvgIpc) is 3.14. The van der Waals surface area contributed by atoms with Gasteiger partial charge in [-0.15, -0.1) is 0 Å². The summed E-state index contributed by atoms with van der Waals surface area (Å²) < 4.78 is 23.6. The molecule has 2 aliphatic heterocycles. The summed E-state index contributed by atoms with van der Waals surface area (Å²) in [4.78, 5) is 14.6. The van der Waals surface area contributed by atoms with E-state index in [1.807, 2.05) is 13.8 Å². The van der Waals surface area contributed by atoms with Crippen molar-refractivity contribution < 1.29 is 74.8 Å². The summed E-state index contributed by atoms with van der Waals surface area (Å²) in [7, 11) is 0. The number of carbonyl (C=O) groups excluding carboxylic acids is 1. The van der Waals surface area contributed by atoms with E-state index >= 15 is 0 Å². The molecule has 0 aromatic carbocycles. The van der Waals surface area contributed by atoms with Gasteiger partial charge in [0.25, 0.3) is 0 Å². The highest BCUT2D eigenvalue weighted by molar-refractivity contribution is 5.79. The molecule has 15 nitrogen and oxygen atoms in total. The van der Waals surface area contributed by atoms with Gasteiger partial charge in [-0.2, -0.15) is 0 Å². The summed E-state index contributed by atoms with van der Waals surface area (Å²) in [6.45, 7) is 13.7. The van der Waals surface area contributed by atoms with Crippen LogP contribution in [0.1, 0.15) is 99.8 Å². The topological polar surface area (TPSA) is 256 Å². The second-order valence-electron chi connectivity index (χ2n) is 20.8. The standard InChI is InChI=1S/C42H68O15/c1-37(2)12-14-42(36(53)57-35-31(51)29(49)27(47)22(18-44)55-35)15-13-40(6)19(25(42)32(37)52)8-9-24-39(5)16-20(45)33(38(3,4)23(39)10-11-41(24,40)7)56-34-30(50)28(48)26(46)21(17-43)54-34/h8,20-35,43-52H,9-18H2,1-7H3/t20-,21-,22-,23+,24-,25-,26-,27-,28+,29+,30-,31-,32+,33+,34+,35+,39+,40-,41-,42+/m1/s1. The van der Waals surface area contributed by atoms with Crippen LogP contribution in [0.15, 0.2) is 11.6 Å². The first-order chi connectivity index (χ1) is 26.5. The molecule has 4 saturated carbocycles. The molecule has 6 fully saturated rings. The Hall–Kier alpha value is -1.31. The van der Waals surface area contributed by atoms with Crippen LogP contribution in [0.4, 0.5) is 0 Å². The Labute approximate surface area is 335 Å². The fraction of sp³-hybridized carbons (Fsp3) is 0.929. The van der Waals surface area contributed by atoms with E-state index in [-0.39, 0.29) is 17.3 Å². The zero-order valence-corrected chi connectivity index (χ0v) is 34.4. The minimum atomic E-state index is -1.75. The molecular formula is C42H68O15. The van der Waals surface area contributed by atoms with Gasteiger partial charge in [0.05, 0.1) is 36.9 Å². The number of hydrogen-bond acceptors (Lipinski definition) is 15. The van der Waals surface area contributed by atoms with Gasteiger partial charge < -0.3 is 70.0 Å². The van der Waals surface area contributed by atoms with Crippen molar-refractivity contribution in [1.82, 2.24) is 0 Å². The molecule has 326 valence electrons. The van der Waals surface area contributed by atoms with Gasteiger partial charge in [0, 0.05) is 5.92 Å². The number of esters is 1. The van der Waals surface area contributed by atoms with E-state index in [0.717, 1.165) is 18.4 Å².